The molecule has 0 aliphatic rings. The van der Waals surface area contributed by atoms with E-state index in [1.165, 1.54) is 7.11 Å². The molecule has 0 spiro atoms. The zero-order valence-electron chi connectivity index (χ0n) is 6.05. The highest BCUT2D eigenvalue weighted by molar-refractivity contribution is 7.88. The van der Waals surface area contributed by atoms with Gasteiger partial charge in [0.15, 0.2) is 0 Å². The van der Waals surface area contributed by atoms with Crippen LogP contribution in [0.3, 0.4) is 0 Å². The molecule has 0 saturated carbocycles. The van der Waals surface area contributed by atoms with Crippen LogP contribution in [0.2, 0.25) is 0 Å². The van der Waals surface area contributed by atoms with Gasteiger partial charge in [0, 0.05) is 13.1 Å². The predicted molar refractivity (Wildman–Crippen MR) is 37.9 cm³/mol. The highest BCUT2D eigenvalue weighted by Crippen LogP contribution is 1.69. The van der Waals surface area contributed by atoms with Crippen LogP contribution in [-0.4, -0.2) is 34.9 Å². The van der Waals surface area contributed by atoms with Gasteiger partial charge < -0.3 is 4.84 Å². The third-order valence-corrected chi connectivity index (χ3v) is 1.46. The van der Waals surface area contributed by atoms with Crippen molar-refractivity contribution >= 4 is 10.0 Å². The molecule has 62 valence electrons. The highest BCUT2D eigenvalue weighted by atomic mass is 32.2. The van der Waals surface area contributed by atoms with Gasteiger partial charge in [0.25, 0.3) is 0 Å². The average molecular weight is 168 g/mol. The second-order valence-electron chi connectivity index (χ2n) is 1.76. The molecule has 0 aromatic carbocycles. The lowest BCUT2D eigenvalue weighted by molar-refractivity contribution is 0.0936. The Morgan fingerprint density at radius 1 is 1.40 bits per heavy atom. The number of hydroxylamine groups is 1. The third kappa shape index (κ3) is 7.83. The second kappa shape index (κ2) is 4.62. The maximum Gasteiger partial charge on any atom is 0.208 e. The summed E-state index contributed by atoms with van der Waals surface area (Å²) in [6.45, 7) is 0.802. The van der Waals surface area contributed by atoms with E-state index in [9.17, 15) is 8.42 Å². The van der Waals surface area contributed by atoms with Crippen molar-refractivity contribution in [2.75, 3.05) is 26.5 Å². The van der Waals surface area contributed by atoms with Crippen molar-refractivity contribution in [2.45, 2.75) is 0 Å². The zero-order valence-corrected chi connectivity index (χ0v) is 6.86. The number of rotatable bonds is 5. The van der Waals surface area contributed by atoms with E-state index < -0.39 is 10.0 Å². The lowest BCUT2D eigenvalue weighted by Gasteiger charge is -2.01. The second-order valence-corrected chi connectivity index (χ2v) is 3.60. The number of nitrogens with one attached hydrogen (secondary N) is 2. The molecule has 2 N–H and O–H groups in total. The molecule has 0 amide bonds. The van der Waals surface area contributed by atoms with Crippen LogP contribution in [-0.2, 0) is 14.9 Å². The molecule has 0 aromatic rings. The van der Waals surface area contributed by atoms with Crippen molar-refractivity contribution in [1.29, 1.82) is 0 Å². The van der Waals surface area contributed by atoms with Crippen molar-refractivity contribution in [3.05, 3.63) is 0 Å². The molecule has 0 bridgehead atoms. The zero-order chi connectivity index (χ0) is 8.04. The van der Waals surface area contributed by atoms with Gasteiger partial charge in [0.2, 0.25) is 10.0 Å². The van der Waals surface area contributed by atoms with Crippen LogP contribution in [0.5, 0.6) is 0 Å². The molecule has 0 unspecified atom stereocenters. The Bertz CT molecular complexity index is 165. The minimum absolute atomic E-state index is 0.340. The van der Waals surface area contributed by atoms with Gasteiger partial charge in [-0.1, -0.05) is 0 Å². The van der Waals surface area contributed by atoms with Crippen LogP contribution in [0.25, 0.3) is 0 Å². The maximum absolute atomic E-state index is 10.4. The van der Waals surface area contributed by atoms with Crippen molar-refractivity contribution in [2.24, 2.45) is 0 Å². The highest BCUT2D eigenvalue weighted by Gasteiger charge is 1.96. The molecule has 6 heteroatoms. The van der Waals surface area contributed by atoms with E-state index in [-0.39, 0.29) is 0 Å². The molecule has 0 saturated heterocycles. The minimum atomic E-state index is -3.05. The lowest BCUT2D eigenvalue weighted by Crippen LogP contribution is -2.30. The van der Waals surface area contributed by atoms with Gasteiger partial charge in [-0.3, -0.25) is 0 Å². The van der Waals surface area contributed by atoms with Crippen LogP contribution in [0, 0.1) is 0 Å². The third-order valence-electron chi connectivity index (χ3n) is 0.736. The van der Waals surface area contributed by atoms with Crippen molar-refractivity contribution in [1.82, 2.24) is 10.2 Å². The molecule has 0 heterocycles. The average Bonchev–Trinajstić information content (AvgIpc) is 1.78. The maximum atomic E-state index is 10.4. The van der Waals surface area contributed by atoms with Gasteiger partial charge in [-0.15, -0.1) is 0 Å². The Morgan fingerprint density at radius 2 is 2.00 bits per heavy atom. The summed E-state index contributed by atoms with van der Waals surface area (Å²) < 4.78 is 23.1. The number of hydrogen-bond acceptors (Lipinski definition) is 4. The van der Waals surface area contributed by atoms with Gasteiger partial charge in [-0.2, -0.15) is 0 Å². The fourth-order valence-corrected chi connectivity index (χ4v) is 0.862. The largest absolute Gasteiger partial charge is 0.305 e. The Labute approximate surface area is 60.8 Å². The molecule has 0 aliphatic heterocycles. The van der Waals surface area contributed by atoms with E-state index in [0.717, 1.165) is 6.26 Å². The minimum Gasteiger partial charge on any atom is -0.305 e. The summed E-state index contributed by atoms with van der Waals surface area (Å²) in [7, 11) is -1.58. The molecule has 0 radical (unpaired) electrons. The summed E-state index contributed by atoms with van der Waals surface area (Å²) in [5.74, 6) is 0. The van der Waals surface area contributed by atoms with Gasteiger partial charge in [0.1, 0.15) is 0 Å². The lowest BCUT2D eigenvalue weighted by atomic mass is 10.7. The molecule has 0 aromatic heterocycles. The Kier molecular flexibility index (Phi) is 4.54. The van der Waals surface area contributed by atoms with E-state index in [1.807, 2.05) is 0 Å². The summed E-state index contributed by atoms with van der Waals surface area (Å²) in [4.78, 5) is 4.47. The molecule has 0 aliphatic carbocycles. The Balaban J connectivity index is 3.21. The van der Waals surface area contributed by atoms with Crippen molar-refractivity contribution < 1.29 is 13.3 Å². The van der Waals surface area contributed by atoms with Crippen LogP contribution < -0.4 is 10.2 Å². The van der Waals surface area contributed by atoms with E-state index in [4.69, 9.17) is 0 Å². The van der Waals surface area contributed by atoms with E-state index in [2.05, 4.69) is 15.0 Å². The van der Waals surface area contributed by atoms with Gasteiger partial charge >= 0.3 is 0 Å². The van der Waals surface area contributed by atoms with Crippen LogP contribution in [0.4, 0.5) is 0 Å². The first-order valence-corrected chi connectivity index (χ1v) is 4.66. The van der Waals surface area contributed by atoms with Crippen LogP contribution in [0.15, 0.2) is 0 Å². The normalized spacial score (nSPS) is 11.8. The number of sulfonamides is 1. The van der Waals surface area contributed by atoms with E-state index >= 15 is 0 Å². The van der Waals surface area contributed by atoms with Gasteiger partial charge in [-0.05, 0) is 0 Å². The summed E-state index contributed by atoms with van der Waals surface area (Å²) in [6, 6.07) is 0. The summed E-state index contributed by atoms with van der Waals surface area (Å²) in [6.07, 6.45) is 1.11. The first-order chi connectivity index (χ1) is 4.56. The Hall–Kier alpha value is -0.170. The SMILES string of the molecule is CONCCNS(C)(=O)=O. The van der Waals surface area contributed by atoms with Crippen LogP contribution in [0.1, 0.15) is 0 Å². The molecule has 5 nitrogen and oxygen atoms in total. The van der Waals surface area contributed by atoms with Crippen LogP contribution >= 0.6 is 0 Å². The van der Waals surface area contributed by atoms with Gasteiger partial charge in [-0.25, -0.2) is 18.6 Å². The standard InChI is InChI=1S/C4H12N2O3S/c1-9-5-3-4-6-10(2,7)8/h5-6H,3-4H2,1-2H3. The Morgan fingerprint density at radius 3 is 2.40 bits per heavy atom. The summed E-state index contributed by atoms with van der Waals surface area (Å²) in [5, 5.41) is 0. The number of hydrogen-bond donors (Lipinski definition) is 2. The van der Waals surface area contributed by atoms with Crippen molar-refractivity contribution in [3.8, 4) is 0 Å². The first kappa shape index (κ1) is 9.83. The molecule has 0 rings (SSSR count). The monoisotopic (exact) mass is 168 g/mol. The quantitative estimate of drug-likeness (QED) is 0.395. The van der Waals surface area contributed by atoms with Gasteiger partial charge in [0.05, 0.1) is 13.4 Å². The molecule has 10 heavy (non-hydrogen) atoms. The fourth-order valence-electron chi connectivity index (χ4n) is 0.390. The fraction of sp³-hybridized carbons (Fsp3) is 1.00. The smallest absolute Gasteiger partial charge is 0.208 e. The molecule has 0 atom stereocenters. The summed E-state index contributed by atoms with van der Waals surface area (Å²) >= 11 is 0. The van der Waals surface area contributed by atoms with Crippen molar-refractivity contribution in [3.63, 3.8) is 0 Å². The van der Waals surface area contributed by atoms with E-state index in [0.29, 0.717) is 13.1 Å². The van der Waals surface area contributed by atoms with E-state index in [1.54, 1.807) is 0 Å². The first-order valence-electron chi connectivity index (χ1n) is 2.77. The summed E-state index contributed by atoms with van der Waals surface area (Å²) in [5.41, 5.74) is 2.49. The molecule has 0 fully saturated rings. The molecular weight excluding hydrogens is 156 g/mol. The molecular formula is C4H12N2O3S. The topological polar surface area (TPSA) is 67.4 Å². The predicted octanol–water partition coefficient (Wildman–Crippen LogP) is -1.31.